The second-order valence-electron chi connectivity index (χ2n) is 5.43. The minimum atomic E-state index is -0.861. The van der Waals surface area contributed by atoms with E-state index < -0.39 is 5.66 Å². The Kier molecular flexibility index (Phi) is 3.09. The normalized spacial score (nSPS) is 19.4. The van der Waals surface area contributed by atoms with Crippen molar-refractivity contribution >= 4 is 17.6 Å². The molecular formula is C17H16N6. The summed E-state index contributed by atoms with van der Waals surface area (Å²) in [5.41, 5.74) is 7.44. The van der Waals surface area contributed by atoms with Gasteiger partial charge in [0, 0.05) is 29.5 Å². The van der Waals surface area contributed by atoms with E-state index in [1.165, 1.54) is 0 Å². The lowest BCUT2D eigenvalue weighted by molar-refractivity contribution is 0.516. The molecule has 0 saturated carbocycles. The van der Waals surface area contributed by atoms with Gasteiger partial charge < -0.3 is 16.4 Å². The molecule has 0 bridgehead atoms. The zero-order chi connectivity index (χ0) is 15.7. The Morgan fingerprint density at radius 2 is 1.83 bits per heavy atom. The first kappa shape index (κ1) is 13.5. The third kappa shape index (κ3) is 2.45. The number of anilines is 1. The highest BCUT2D eigenvalue weighted by Gasteiger charge is 2.29. The highest BCUT2D eigenvalue weighted by molar-refractivity contribution is 5.67. The van der Waals surface area contributed by atoms with E-state index in [9.17, 15) is 0 Å². The van der Waals surface area contributed by atoms with Crippen molar-refractivity contribution in [2.75, 3.05) is 5.32 Å². The average molecular weight is 304 g/mol. The monoisotopic (exact) mass is 304 g/mol. The molecule has 1 unspecified atom stereocenters. The molecule has 6 nitrogen and oxygen atoms in total. The van der Waals surface area contributed by atoms with Crippen LogP contribution in [0.15, 0.2) is 61.1 Å². The molecule has 4 rings (SSSR count). The average Bonchev–Trinajstić information content (AvgIpc) is 3.11. The number of hydrogen-bond acceptors (Lipinski definition) is 5. The van der Waals surface area contributed by atoms with Crippen molar-refractivity contribution in [2.45, 2.75) is 5.66 Å². The molecule has 0 spiro atoms. The summed E-state index contributed by atoms with van der Waals surface area (Å²) in [5, 5.41) is 15.8. The van der Waals surface area contributed by atoms with E-state index in [0.29, 0.717) is 0 Å². The minimum Gasteiger partial charge on any atom is -0.345 e. The molecule has 0 aliphatic carbocycles. The summed E-state index contributed by atoms with van der Waals surface area (Å²) in [6.45, 7) is 0. The third-order valence-electron chi connectivity index (χ3n) is 3.84. The lowest BCUT2D eigenvalue weighted by atomic mass is 10.0. The van der Waals surface area contributed by atoms with E-state index >= 15 is 0 Å². The molecule has 0 saturated heterocycles. The van der Waals surface area contributed by atoms with E-state index in [1.807, 2.05) is 42.5 Å². The number of nitrogens with one attached hydrogen (secondary N) is 3. The van der Waals surface area contributed by atoms with Gasteiger partial charge in [-0.1, -0.05) is 24.3 Å². The predicted octanol–water partition coefficient (Wildman–Crippen LogP) is 0.178. The Hall–Kier alpha value is -3.12. The van der Waals surface area contributed by atoms with Crippen LogP contribution in [-0.4, -0.2) is 15.2 Å². The van der Waals surface area contributed by atoms with E-state index in [1.54, 1.807) is 18.6 Å². The fourth-order valence-electron chi connectivity index (χ4n) is 2.72. The van der Waals surface area contributed by atoms with Crippen molar-refractivity contribution in [3.8, 4) is 0 Å². The molecule has 0 fully saturated rings. The van der Waals surface area contributed by atoms with Gasteiger partial charge in [-0.2, -0.15) is 5.10 Å². The van der Waals surface area contributed by atoms with Gasteiger partial charge in [0.1, 0.15) is 5.82 Å². The zero-order valence-corrected chi connectivity index (χ0v) is 12.3. The van der Waals surface area contributed by atoms with Crippen LogP contribution in [0.3, 0.4) is 0 Å². The van der Waals surface area contributed by atoms with Gasteiger partial charge >= 0.3 is 0 Å². The van der Waals surface area contributed by atoms with Crippen LogP contribution in [0.5, 0.6) is 0 Å². The third-order valence-corrected chi connectivity index (χ3v) is 3.84. The Bertz CT molecular complexity index is 933. The van der Waals surface area contributed by atoms with Crippen LogP contribution in [0, 0.1) is 0 Å². The van der Waals surface area contributed by atoms with Crippen LogP contribution < -0.4 is 26.8 Å². The molecule has 5 N–H and O–H groups in total. The zero-order valence-electron chi connectivity index (χ0n) is 12.3. The van der Waals surface area contributed by atoms with Crippen LogP contribution in [0.4, 0.5) is 5.69 Å². The van der Waals surface area contributed by atoms with E-state index in [2.05, 4.69) is 31.9 Å². The Labute approximate surface area is 132 Å². The number of pyridine rings is 1. The number of aromatic nitrogens is 3. The first-order chi connectivity index (χ1) is 11.2. The molecule has 1 aliphatic heterocycles. The first-order valence-corrected chi connectivity index (χ1v) is 7.31. The van der Waals surface area contributed by atoms with Crippen LogP contribution in [0.1, 0.15) is 5.69 Å². The largest absolute Gasteiger partial charge is 0.345 e. The lowest BCUT2D eigenvalue weighted by Gasteiger charge is -2.32. The van der Waals surface area contributed by atoms with Crippen molar-refractivity contribution in [1.29, 1.82) is 0 Å². The summed E-state index contributed by atoms with van der Waals surface area (Å²) in [7, 11) is 0. The van der Waals surface area contributed by atoms with Crippen LogP contribution in [0.2, 0.25) is 0 Å². The summed E-state index contributed by atoms with van der Waals surface area (Å²) < 4.78 is 0. The summed E-state index contributed by atoms with van der Waals surface area (Å²) in [4.78, 5) is 4.04. The molecule has 0 amide bonds. The molecule has 1 aliphatic rings. The number of nitrogens with two attached hydrogens (primary N) is 1. The molecule has 23 heavy (non-hydrogen) atoms. The van der Waals surface area contributed by atoms with E-state index in [-0.39, 0.29) is 0 Å². The quantitative estimate of drug-likeness (QED) is 0.554. The van der Waals surface area contributed by atoms with Crippen LogP contribution in [-0.2, 0) is 5.66 Å². The highest BCUT2D eigenvalue weighted by Crippen LogP contribution is 2.18. The molecule has 1 atom stereocenters. The maximum Gasteiger partial charge on any atom is 0.150 e. The minimum absolute atomic E-state index is 0.793. The van der Waals surface area contributed by atoms with Gasteiger partial charge in [0.15, 0.2) is 5.66 Å². The second kappa shape index (κ2) is 5.26. The number of H-pyrrole nitrogens is 1. The topological polar surface area (TPSA) is 91.6 Å². The predicted molar refractivity (Wildman–Crippen MR) is 89.0 cm³/mol. The van der Waals surface area contributed by atoms with Gasteiger partial charge in [-0.25, -0.2) is 0 Å². The number of rotatable bonds is 3. The summed E-state index contributed by atoms with van der Waals surface area (Å²) >= 11 is 0. The Morgan fingerprint density at radius 1 is 1.00 bits per heavy atom. The molecule has 1 aromatic carbocycles. The fourth-order valence-corrected chi connectivity index (χ4v) is 2.72. The Balaban J connectivity index is 1.85. The molecule has 114 valence electrons. The molecular weight excluding hydrogens is 288 g/mol. The maximum atomic E-state index is 6.57. The highest BCUT2D eigenvalue weighted by atomic mass is 15.2. The standard InChI is InChI=1S/C17H16N6/c18-17(15-7-10-20-23-15)11-12-3-1-2-4-14(12)16(22-17)21-13-5-8-19-9-6-13/h1-11,22H,18H2,(H,19,21)(H,20,23). The lowest BCUT2D eigenvalue weighted by Crippen LogP contribution is -2.56. The molecule has 3 heterocycles. The van der Waals surface area contributed by atoms with Crippen molar-refractivity contribution in [3.05, 3.63) is 77.2 Å². The van der Waals surface area contributed by atoms with Crippen molar-refractivity contribution in [2.24, 2.45) is 5.73 Å². The number of aromatic amines is 1. The fraction of sp³-hybridized carbons (Fsp3) is 0.0588. The van der Waals surface area contributed by atoms with Gasteiger partial charge in [0.25, 0.3) is 0 Å². The van der Waals surface area contributed by atoms with Crippen molar-refractivity contribution in [1.82, 2.24) is 20.5 Å². The van der Waals surface area contributed by atoms with Gasteiger partial charge in [0.2, 0.25) is 0 Å². The smallest absolute Gasteiger partial charge is 0.150 e. The van der Waals surface area contributed by atoms with Gasteiger partial charge in [-0.05, 0) is 29.5 Å². The van der Waals surface area contributed by atoms with Gasteiger partial charge in [0.05, 0.1) is 5.69 Å². The number of hydrogen-bond donors (Lipinski definition) is 4. The van der Waals surface area contributed by atoms with E-state index in [4.69, 9.17) is 5.73 Å². The number of fused-ring (bicyclic) bond motifs is 1. The van der Waals surface area contributed by atoms with Crippen LogP contribution >= 0.6 is 0 Å². The van der Waals surface area contributed by atoms with Gasteiger partial charge in [-0.3, -0.25) is 10.1 Å². The number of nitrogens with zero attached hydrogens (tertiary/aromatic N) is 2. The SMILES string of the molecule is NC1(c2ccn[nH]2)C=c2ccccc2=C(Nc2ccncc2)N1. The Morgan fingerprint density at radius 3 is 2.61 bits per heavy atom. The molecule has 2 aromatic heterocycles. The molecule has 3 aromatic rings. The summed E-state index contributed by atoms with van der Waals surface area (Å²) in [6.07, 6.45) is 7.17. The van der Waals surface area contributed by atoms with E-state index in [0.717, 1.165) is 27.6 Å². The maximum absolute atomic E-state index is 6.57. The van der Waals surface area contributed by atoms with Crippen molar-refractivity contribution < 1.29 is 0 Å². The van der Waals surface area contributed by atoms with Gasteiger partial charge in [-0.15, -0.1) is 0 Å². The summed E-state index contributed by atoms with van der Waals surface area (Å²) in [6, 6.07) is 13.8. The number of benzene rings is 1. The molecule has 0 radical (unpaired) electrons. The molecule has 6 heteroatoms. The first-order valence-electron chi connectivity index (χ1n) is 7.31. The van der Waals surface area contributed by atoms with Crippen LogP contribution in [0.25, 0.3) is 11.9 Å². The summed E-state index contributed by atoms with van der Waals surface area (Å²) in [5.74, 6) is 0.839. The second-order valence-corrected chi connectivity index (χ2v) is 5.43. The van der Waals surface area contributed by atoms with Crippen molar-refractivity contribution in [3.63, 3.8) is 0 Å².